The molecule has 4 rings (SSSR count). The molecule has 3 aromatic carbocycles. The summed E-state index contributed by atoms with van der Waals surface area (Å²) in [5.74, 6) is -1.73. The van der Waals surface area contributed by atoms with E-state index in [1.54, 1.807) is 4.90 Å². The van der Waals surface area contributed by atoms with Crippen molar-refractivity contribution in [1.82, 2.24) is 5.32 Å². The molecule has 3 aromatic rings. The third-order valence-corrected chi connectivity index (χ3v) is 7.06. The average molecular weight is 633 g/mol. The smallest absolute Gasteiger partial charge is 0.310 e. The van der Waals surface area contributed by atoms with Gasteiger partial charge in [0.2, 0.25) is 5.91 Å². The first kappa shape index (κ1) is 28.1. The van der Waals surface area contributed by atoms with Gasteiger partial charge in [-0.25, -0.2) is 8.78 Å². The maximum absolute atomic E-state index is 13.7. The highest BCUT2D eigenvalue weighted by Crippen LogP contribution is 2.22. The van der Waals surface area contributed by atoms with E-state index in [0.717, 1.165) is 32.9 Å². The lowest BCUT2D eigenvalue weighted by Gasteiger charge is -2.25. The molecule has 1 heterocycles. The summed E-state index contributed by atoms with van der Waals surface area (Å²) < 4.78 is 34.3. The first-order valence-electron chi connectivity index (χ1n) is 12.5. The van der Waals surface area contributed by atoms with Crippen LogP contribution in [0.3, 0.4) is 0 Å². The van der Waals surface area contributed by atoms with E-state index in [2.05, 4.69) is 27.9 Å². The Morgan fingerprint density at radius 3 is 2.42 bits per heavy atom. The van der Waals surface area contributed by atoms with Crippen LogP contribution < -0.4 is 16.0 Å². The first-order valence-corrected chi connectivity index (χ1v) is 13.6. The van der Waals surface area contributed by atoms with Crippen LogP contribution in [0.4, 0.5) is 14.5 Å². The summed E-state index contributed by atoms with van der Waals surface area (Å²) in [6.45, 7) is 1.51. The highest BCUT2D eigenvalue weighted by Gasteiger charge is 2.24. The van der Waals surface area contributed by atoms with Gasteiger partial charge in [0, 0.05) is 47.4 Å². The molecule has 1 amide bonds. The van der Waals surface area contributed by atoms with Crippen molar-refractivity contribution in [1.29, 1.82) is 0 Å². The molecule has 0 radical (unpaired) electrons. The Bertz CT molecular complexity index is 1250. The van der Waals surface area contributed by atoms with Crippen molar-refractivity contribution in [3.05, 3.63) is 98.6 Å². The number of carbonyl (C=O) groups excluding carboxylic acids is 2. The number of rotatable bonds is 11. The molecule has 0 aliphatic carbocycles. The summed E-state index contributed by atoms with van der Waals surface area (Å²) in [5, 5.41) is 3.28. The van der Waals surface area contributed by atoms with Crippen molar-refractivity contribution in [3.63, 3.8) is 0 Å². The van der Waals surface area contributed by atoms with Crippen LogP contribution in [0.5, 0.6) is 0 Å². The largest absolute Gasteiger partial charge is 0.459 e. The first-order chi connectivity index (χ1) is 18.3. The minimum Gasteiger partial charge on any atom is -0.459 e. The Labute approximate surface area is 234 Å². The number of hydrogen-bond acceptors (Lipinski definition) is 5. The summed E-state index contributed by atoms with van der Waals surface area (Å²) in [4.78, 5) is 26.6. The molecule has 0 spiro atoms. The molecule has 1 saturated heterocycles. The fraction of sp³-hybridized carbons (Fsp3) is 0.310. The van der Waals surface area contributed by atoms with Gasteiger partial charge in [-0.1, -0.05) is 24.3 Å². The van der Waals surface area contributed by atoms with E-state index in [-0.39, 0.29) is 25.3 Å². The highest BCUT2D eigenvalue weighted by atomic mass is 127. The van der Waals surface area contributed by atoms with Crippen molar-refractivity contribution in [3.8, 4) is 0 Å². The van der Waals surface area contributed by atoms with Crippen molar-refractivity contribution in [2.45, 2.75) is 44.4 Å². The SMILES string of the molecule is N[C@@H](Cc1cc(F)cc(F)c1)[C@@H](CNCc1cccc(I)c1)OC(=O)Cc1ccc(N2CCCC2=O)cc1. The number of carbonyl (C=O) groups is 2. The molecule has 1 aliphatic heterocycles. The average Bonchev–Trinajstić information content (AvgIpc) is 3.29. The van der Waals surface area contributed by atoms with Crippen molar-refractivity contribution < 1.29 is 23.1 Å². The number of nitrogens with zero attached hydrogens (tertiary/aromatic N) is 1. The van der Waals surface area contributed by atoms with E-state index < -0.39 is 29.7 Å². The van der Waals surface area contributed by atoms with Crippen LogP contribution in [0, 0.1) is 15.2 Å². The molecule has 0 aromatic heterocycles. The van der Waals surface area contributed by atoms with Gasteiger partial charge in [-0.3, -0.25) is 9.59 Å². The van der Waals surface area contributed by atoms with Crippen molar-refractivity contribution in [2.24, 2.45) is 5.73 Å². The number of esters is 1. The topological polar surface area (TPSA) is 84.7 Å². The number of nitrogens with one attached hydrogen (secondary N) is 1. The van der Waals surface area contributed by atoms with Gasteiger partial charge in [0.05, 0.1) is 6.42 Å². The standard InChI is InChI=1S/C29H30F2IN3O3/c30-22-11-21(12-23(31)16-22)14-26(33)27(18-34-17-20-3-1-4-24(32)13-20)38-29(37)15-19-6-8-25(9-7-19)35-10-2-5-28(35)36/h1,3-4,6-9,11-13,16,26-27,34H,2,5,10,14-15,17-18,33H2/t26-,27+/m0/s1. The second kappa shape index (κ2) is 13.3. The fourth-order valence-corrected chi connectivity index (χ4v) is 5.12. The monoisotopic (exact) mass is 633 g/mol. The van der Waals surface area contributed by atoms with Crippen LogP contribution in [0.15, 0.2) is 66.7 Å². The maximum atomic E-state index is 13.7. The van der Waals surface area contributed by atoms with Gasteiger partial charge >= 0.3 is 5.97 Å². The van der Waals surface area contributed by atoms with Crippen LogP contribution in [-0.4, -0.2) is 37.1 Å². The lowest BCUT2D eigenvalue weighted by Crippen LogP contribution is -2.46. The van der Waals surface area contributed by atoms with Gasteiger partial charge in [0.1, 0.15) is 17.7 Å². The second-order valence-electron chi connectivity index (χ2n) is 9.43. The molecule has 0 saturated carbocycles. The number of anilines is 1. The zero-order chi connectivity index (χ0) is 27.1. The summed E-state index contributed by atoms with van der Waals surface area (Å²) in [7, 11) is 0. The normalized spacial score (nSPS) is 14.9. The summed E-state index contributed by atoms with van der Waals surface area (Å²) in [6.07, 6.45) is 0.834. The van der Waals surface area contributed by atoms with Crippen LogP contribution >= 0.6 is 22.6 Å². The van der Waals surface area contributed by atoms with E-state index in [4.69, 9.17) is 10.5 Å². The van der Waals surface area contributed by atoms with Gasteiger partial charge in [-0.2, -0.15) is 0 Å². The zero-order valence-corrected chi connectivity index (χ0v) is 23.0. The van der Waals surface area contributed by atoms with Gasteiger partial charge in [0.25, 0.3) is 0 Å². The molecule has 1 fully saturated rings. The maximum Gasteiger partial charge on any atom is 0.310 e. The van der Waals surface area contributed by atoms with Crippen LogP contribution in [0.2, 0.25) is 0 Å². The van der Waals surface area contributed by atoms with Crippen LogP contribution in [0.25, 0.3) is 0 Å². The molecule has 38 heavy (non-hydrogen) atoms. The molecule has 2 atom stereocenters. The molecule has 6 nitrogen and oxygen atoms in total. The van der Waals surface area contributed by atoms with E-state index in [0.29, 0.717) is 25.1 Å². The number of halogens is 3. The molecule has 0 bridgehead atoms. The third-order valence-electron chi connectivity index (χ3n) is 6.39. The molecule has 1 aliphatic rings. The Kier molecular flexibility index (Phi) is 9.81. The van der Waals surface area contributed by atoms with Gasteiger partial charge in [-0.05, 0) is 88.5 Å². The lowest BCUT2D eigenvalue weighted by molar-refractivity contribution is -0.149. The molecule has 9 heteroatoms. The molecule has 200 valence electrons. The summed E-state index contributed by atoms with van der Waals surface area (Å²) in [6, 6.07) is 17.9. The zero-order valence-electron chi connectivity index (χ0n) is 20.8. The summed E-state index contributed by atoms with van der Waals surface area (Å²) in [5.41, 5.74) is 9.41. The molecular weight excluding hydrogens is 603 g/mol. The Hall–Kier alpha value is -2.89. The van der Waals surface area contributed by atoms with Crippen LogP contribution in [0.1, 0.15) is 29.5 Å². The Balaban J connectivity index is 1.40. The second-order valence-corrected chi connectivity index (χ2v) is 10.7. The Morgan fingerprint density at radius 1 is 1.03 bits per heavy atom. The number of nitrogens with two attached hydrogens (primary N) is 1. The fourth-order valence-electron chi connectivity index (χ4n) is 4.51. The Morgan fingerprint density at radius 2 is 1.76 bits per heavy atom. The number of hydrogen-bond donors (Lipinski definition) is 2. The van der Waals surface area contributed by atoms with Gasteiger partial charge < -0.3 is 20.7 Å². The van der Waals surface area contributed by atoms with Gasteiger partial charge in [-0.15, -0.1) is 0 Å². The van der Waals surface area contributed by atoms with Crippen LogP contribution in [-0.2, 0) is 33.7 Å². The number of amides is 1. The molecule has 0 unspecified atom stereocenters. The predicted molar refractivity (Wildman–Crippen MR) is 151 cm³/mol. The summed E-state index contributed by atoms with van der Waals surface area (Å²) >= 11 is 2.24. The number of benzene rings is 3. The third kappa shape index (κ3) is 8.05. The molecular formula is C29H30F2IN3O3. The highest BCUT2D eigenvalue weighted by molar-refractivity contribution is 14.1. The quantitative estimate of drug-likeness (QED) is 0.240. The van der Waals surface area contributed by atoms with E-state index >= 15 is 0 Å². The van der Waals surface area contributed by atoms with Crippen molar-refractivity contribution >= 4 is 40.2 Å². The van der Waals surface area contributed by atoms with E-state index in [9.17, 15) is 18.4 Å². The van der Waals surface area contributed by atoms with E-state index in [1.807, 2.05) is 48.5 Å². The van der Waals surface area contributed by atoms with Crippen molar-refractivity contribution in [2.75, 3.05) is 18.0 Å². The number of ether oxygens (including phenoxy) is 1. The minimum atomic E-state index is -0.724. The minimum absolute atomic E-state index is 0.0307. The predicted octanol–water partition coefficient (Wildman–Crippen LogP) is 4.51. The molecule has 3 N–H and O–H groups in total. The van der Waals surface area contributed by atoms with E-state index in [1.165, 1.54) is 12.1 Å². The lowest BCUT2D eigenvalue weighted by atomic mass is 10.0. The van der Waals surface area contributed by atoms with Gasteiger partial charge in [0.15, 0.2) is 0 Å².